The number of esters is 1. The number of fused-ring (bicyclic) bond motifs is 1. The standard InChI is InChI=1S/C21H19FN2O7S/c1-13(25)24-16-4-7-18-14(10-21(27)31-19(18)11-16)12-30-20(26)8-9-23-32(28,29)17-5-2-15(22)3-6-17/h2-7,10-11,23H,8-9,12H2,1H3,(H,24,25). The average Bonchev–Trinajstić information content (AvgIpc) is 2.71. The Morgan fingerprint density at radius 2 is 1.81 bits per heavy atom. The predicted octanol–water partition coefficient (Wildman–Crippen LogP) is 2.30. The number of nitrogens with one attached hydrogen (secondary N) is 2. The van der Waals surface area contributed by atoms with Crippen LogP contribution in [0.15, 0.2) is 62.6 Å². The van der Waals surface area contributed by atoms with E-state index in [0.29, 0.717) is 16.6 Å². The van der Waals surface area contributed by atoms with Gasteiger partial charge < -0.3 is 14.5 Å². The van der Waals surface area contributed by atoms with Crippen molar-refractivity contribution in [3.05, 3.63) is 70.3 Å². The molecule has 0 spiro atoms. The molecule has 1 amide bonds. The van der Waals surface area contributed by atoms with Crippen molar-refractivity contribution in [3.63, 3.8) is 0 Å². The van der Waals surface area contributed by atoms with Gasteiger partial charge in [-0.05, 0) is 36.4 Å². The zero-order chi connectivity index (χ0) is 23.3. The number of sulfonamides is 1. The molecule has 1 aromatic heterocycles. The number of benzene rings is 2. The minimum atomic E-state index is -3.90. The Hall–Kier alpha value is -3.57. The van der Waals surface area contributed by atoms with Crippen LogP contribution >= 0.6 is 0 Å². The summed E-state index contributed by atoms with van der Waals surface area (Å²) in [6, 6.07) is 10.1. The monoisotopic (exact) mass is 462 g/mol. The molecule has 0 aliphatic carbocycles. The molecule has 0 bridgehead atoms. The molecule has 9 nitrogen and oxygen atoms in total. The van der Waals surface area contributed by atoms with Crippen molar-refractivity contribution >= 4 is 38.6 Å². The Bertz CT molecular complexity index is 1320. The lowest BCUT2D eigenvalue weighted by Crippen LogP contribution is -2.26. The predicted molar refractivity (Wildman–Crippen MR) is 113 cm³/mol. The molecule has 0 fully saturated rings. The molecule has 0 saturated carbocycles. The SMILES string of the molecule is CC(=O)Nc1ccc2c(COC(=O)CCNS(=O)(=O)c3ccc(F)cc3)cc(=O)oc2c1. The van der Waals surface area contributed by atoms with Crippen molar-refractivity contribution in [3.8, 4) is 0 Å². The lowest BCUT2D eigenvalue weighted by molar-refractivity contribution is -0.144. The first-order valence-corrected chi connectivity index (χ1v) is 10.9. The van der Waals surface area contributed by atoms with E-state index in [1.54, 1.807) is 12.1 Å². The molecule has 3 aromatic rings. The molecule has 0 radical (unpaired) electrons. The maximum Gasteiger partial charge on any atom is 0.336 e. The van der Waals surface area contributed by atoms with Gasteiger partial charge in [0.15, 0.2) is 0 Å². The van der Waals surface area contributed by atoms with Crippen LogP contribution < -0.4 is 15.7 Å². The topological polar surface area (TPSA) is 132 Å². The van der Waals surface area contributed by atoms with E-state index in [2.05, 4.69) is 10.0 Å². The molecule has 2 aromatic carbocycles. The second-order valence-electron chi connectivity index (χ2n) is 6.75. The number of carbonyl (C=O) groups is 2. The van der Waals surface area contributed by atoms with E-state index in [1.807, 2.05) is 0 Å². The van der Waals surface area contributed by atoms with Crippen LogP contribution in [0.3, 0.4) is 0 Å². The van der Waals surface area contributed by atoms with Crippen LogP contribution in [-0.4, -0.2) is 26.8 Å². The van der Waals surface area contributed by atoms with E-state index in [0.717, 1.165) is 24.3 Å². The number of hydrogen-bond donors (Lipinski definition) is 2. The lowest BCUT2D eigenvalue weighted by Gasteiger charge is -2.09. The zero-order valence-corrected chi connectivity index (χ0v) is 17.7. The highest BCUT2D eigenvalue weighted by Crippen LogP contribution is 2.22. The van der Waals surface area contributed by atoms with E-state index in [-0.39, 0.29) is 36.0 Å². The Morgan fingerprint density at radius 1 is 1.09 bits per heavy atom. The summed E-state index contributed by atoms with van der Waals surface area (Å²) in [6.45, 7) is 0.886. The smallest absolute Gasteiger partial charge is 0.336 e. The third-order valence-electron chi connectivity index (χ3n) is 4.28. The molecule has 0 aliphatic rings. The van der Waals surface area contributed by atoms with Gasteiger partial charge in [0.05, 0.1) is 11.3 Å². The quantitative estimate of drug-likeness (QED) is 0.388. The second kappa shape index (κ2) is 9.71. The van der Waals surface area contributed by atoms with Gasteiger partial charge >= 0.3 is 11.6 Å². The number of hydrogen-bond acceptors (Lipinski definition) is 7. The molecule has 1 heterocycles. The Kier molecular flexibility index (Phi) is 7.01. The summed E-state index contributed by atoms with van der Waals surface area (Å²) in [4.78, 5) is 34.9. The summed E-state index contributed by atoms with van der Waals surface area (Å²) in [5, 5.41) is 3.09. The summed E-state index contributed by atoms with van der Waals surface area (Å²) in [5.41, 5.74) is 0.388. The van der Waals surface area contributed by atoms with Gasteiger partial charge in [-0.25, -0.2) is 22.3 Å². The van der Waals surface area contributed by atoms with E-state index in [1.165, 1.54) is 19.1 Å². The van der Waals surface area contributed by atoms with E-state index in [9.17, 15) is 27.2 Å². The zero-order valence-electron chi connectivity index (χ0n) is 16.9. The third kappa shape index (κ3) is 5.99. The first kappa shape index (κ1) is 23.1. The van der Waals surface area contributed by atoms with Crippen LogP contribution in [0.25, 0.3) is 11.0 Å². The molecule has 32 heavy (non-hydrogen) atoms. The van der Waals surface area contributed by atoms with Gasteiger partial charge in [-0.1, -0.05) is 0 Å². The third-order valence-corrected chi connectivity index (χ3v) is 5.76. The molecule has 0 saturated heterocycles. The normalized spacial score (nSPS) is 11.3. The van der Waals surface area contributed by atoms with Gasteiger partial charge in [-0.3, -0.25) is 9.59 Å². The molecule has 3 rings (SSSR count). The van der Waals surface area contributed by atoms with Crippen molar-refractivity contribution in [1.29, 1.82) is 0 Å². The average molecular weight is 462 g/mol. The summed E-state index contributed by atoms with van der Waals surface area (Å²) in [5.74, 6) is -1.55. The van der Waals surface area contributed by atoms with Gasteiger partial charge in [0.1, 0.15) is 18.0 Å². The molecular weight excluding hydrogens is 443 g/mol. The fourth-order valence-electron chi connectivity index (χ4n) is 2.85. The van der Waals surface area contributed by atoms with Gasteiger partial charge in [0.2, 0.25) is 15.9 Å². The fourth-order valence-corrected chi connectivity index (χ4v) is 3.88. The minimum absolute atomic E-state index is 0.131. The summed E-state index contributed by atoms with van der Waals surface area (Å²) >= 11 is 0. The second-order valence-corrected chi connectivity index (χ2v) is 8.51. The number of amides is 1. The van der Waals surface area contributed by atoms with Crippen LogP contribution in [-0.2, 0) is 31.0 Å². The summed E-state index contributed by atoms with van der Waals surface area (Å²) in [6.07, 6.45) is -0.257. The largest absolute Gasteiger partial charge is 0.461 e. The van der Waals surface area contributed by atoms with Crippen LogP contribution in [0.2, 0.25) is 0 Å². The maximum atomic E-state index is 12.9. The highest BCUT2D eigenvalue weighted by Gasteiger charge is 2.15. The molecule has 0 aliphatic heterocycles. The van der Waals surface area contributed by atoms with Crippen LogP contribution in [0.4, 0.5) is 10.1 Å². The van der Waals surface area contributed by atoms with Crippen LogP contribution in [0.5, 0.6) is 0 Å². The molecule has 168 valence electrons. The number of rotatable bonds is 8. The molecule has 11 heteroatoms. The van der Waals surface area contributed by atoms with Crippen molar-refractivity contribution < 1.29 is 31.6 Å². The Labute approximate surface area is 182 Å². The maximum absolute atomic E-state index is 12.9. The number of ether oxygens (including phenoxy) is 1. The highest BCUT2D eigenvalue weighted by atomic mass is 32.2. The van der Waals surface area contributed by atoms with E-state index >= 15 is 0 Å². The van der Waals surface area contributed by atoms with Crippen LogP contribution in [0, 0.1) is 5.82 Å². The molecule has 0 unspecified atom stereocenters. The van der Waals surface area contributed by atoms with Gasteiger partial charge in [-0.2, -0.15) is 0 Å². The van der Waals surface area contributed by atoms with Gasteiger partial charge in [-0.15, -0.1) is 0 Å². The van der Waals surface area contributed by atoms with Crippen molar-refractivity contribution in [2.45, 2.75) is 24.8 Å². The van der Waals surface area contributed by atoms with E-state index < -0.39 is 27.4 Å². The first-order chi connectivity index (χ1) is 15.1. The molecule has 2 N–H and O–H groups in total. The van der Waals surface area contributed by atoms with E-state index in [4.69, 9.17) is 9.15 Å². The fraction of sp³-hybridized carbons (Fsp3) is 0.190. The Morgan fingerprint density at radius 3 is 2.50 bits per heavy atom. The van der Waals surface area contributed by atoms with Crippen molar-refractivity contribution in [1.82, 2.24) is 4.72 Å². The minimum Gasteiger partial charge on any atom is -0.461 e. The Balaban J connectivity index is 1.60. The number of carbonyl (C=O) groups excluding carboxylic acids is 2. The van der Waals surface area contributed by atoms with Crippen LogP contribution in [0.1, 0.15) is 18.9 Å². The first-order valence-electron chi connectivity index (χ1n) is 9.39. The summed E-state index contributed by atoms with van der Waals surface area (Å²) < 4.78 is 49.7. The van der Waals surface area contributed by atoms with Gasteiger partial charge in [0.25, 0.3) is 0 Å². The molecular formula is C21H19FN2O7S. The molecule has 0 atom stereocenters. The number of halogens is 1. The van der Waals surface area contributed by atoms with Gasteiger partial charge in [0, 0.05) is 42.2 Å². The van der Waals surface area contributed by atoms with Crippen molar-refractivity contribution in [2.24, 2.45) is 0 Å². The lowest BCUT2D eigenvalue weighted by atomic mass is 10.1. The number of anilines is 1. The highest BCUT2D eigenvalue weighted by molar-refractivity contribution is 7.89. The summed E-state index contributed by atoms with van der Waals surface area (Å²) in [7, 11) is -3.90. The van der Waals surface area contributed by atoms with Crippen molar-refractivity contribution in [2.75, 3.05) is 11.9 Å².